The molecule has 0 atom stereocenters. The van der Waals surface area contributed by atoms with E-state index in [1.54, 1.807) is 6.08 Å². The van der Waals surface area contributed by atoms with Crippen molar-refractivity contribution in [3.05, 3.63) is 47.2 Å². The van der Waals surface area contributed by atoms with E-state index in [1.807, 2.05) is 31.2 Å². The first-order valence-corrected chi connectivity index (χ1v) is 6.14. The molecule has 2 nitrogen and oxygen atoms in total. The molecule has 0 radical (unpaired) electrons. The van der Waals surface area contributed by atoms with Crippen molar-refractivity contribution in [2.24, 2.45) is 0 Å². The van der Waals surface area contributed by atoms with Gasteiger partial charge in [-0.25, -0.2) is 0 Å². The second-order valence-electron chi connectivity index (χ2n) is 4.47. The highest BCUT2D eigenvalue weighted by Gasteiger charge is 2.35. The summed E-state index contributed by atoms with van der Waals surface area (Å²) in [6, 6.07) is 7.76. The summed E-state index contributed by atoms with van der Waals surface area (Å²) < 4.78 is 6.03. The molecule has 0 bridgehead atoms. The lowest BCUT2D eigenvalue weighted by Gasteiger charge is -2.33. The molecule has 2 heteroatoms. The van der Waals surface area contributed by atoms with Crippen molar-refractivity contribution in [2.45, 2.75) is 39.2 Å². The number of fused-ring (bicyclic) bond motifs is 1. The van der Waals surface area contributed by atoms with Crippen LogP contribution in [-0.2, 0) is 10.3 Å². The first kappa shape index (κ1) is 11.9. The van der Waals surface area contributed by atoms with E-state index in [-0.39, 0.29) is 11.4 Å². The van der Waals surface area contributed by atoms with Gasteiger partial charge in [-0.2, -0.15) is 0 Å². The van der Waals surface area contributed by atoms with Crippen LogP contribution in [0.1, 0.15) is 49.5 Å². The van der Waals surface area contributed by atoms with Gasteiger partial charge in [0, 0.05) is 17.2 Å². The Hall–Kier alpha value is -1.57. The Labute approximate surface area is 102 Å². The summed E-state index contributed by atoms with van der Waals surface area (Å²) in [5.41, 5.74) is 1.43. The van der Waals surface area contributed by atoms with Crippen molar-refractivity contribution in [3.63, 3.8) is 0 Å². The average Bonchev–Trinajstić information content (AvgIpc) is 2.46. The Bertz CT molecular complexity index is 468. The SMILES string of the molecule is CCC1(CC)OC(C)=CC(=O)c2ccccc21. The zero-order valence-electron chi connectivity index (χ0n) is 10.6. The molecule has 1 aliphatic rings. The third kappa shape index (κ3) is 1.88. The van der Waals surface area contributed by atoms with Crippen LogP contribution in [0.2, 0.25) is 0 Å². The molecule has 2 rings (SSSR count). The average molecular weight is 230 g/mol. The molecule has 0 saturated heterocycles. The number of benzene rings is 1. The standard InChI is InChI=1S/C15H18O2/c1-4-15(5-2)13-9-7-6-8-12(13)14(16)10-11(3)17-15/h6-10H,4-5H2,1-3H3. The van der Waals surface area contributed by atoms with Crippen molar-refractivity contribution in [3.8, 4) is 0 Å². The smallest absolute Gasteiger partial charge is 0.189 e. The van der Waals surface area contributed by atoms with E-state index in [0.717, 1.165) is 24.0 Å². The number of ketones is 1. The van der Waals surface area contributed by atoms with Crippen LogP contribution in [-0.4, -0.2) is 5.78 Å². The lowest BCUT2D eigenvalue weighted by atomic mass is 9.84. The summed E-state index contributed by atoms with van der Waals surface area (Å²) in [6.07, 6.45) is 3.31. The quantitative estimate of drug-likeness (QED) is 0.772. The fourth-order valence-electron chi connectivity index (χ4n) is 2.53. The predicted octanol–water partition coefficient (Wildman–Crippen LogP) is 3.82. The van der Waals surface area contributed by atoms with Crippen LogP contribution in [0.25, 0.3) is 0 Å². The number of hydrogen-bond acceptors (Lipinski definition) is 2. The van der Waals surface area contributed by atoms with E-state index in [4.69, 9.17) is 4.74 Å². The molecular formula is C15H18O2. The van der Waals surface area contributed by atoms with Gasteiger partial charge in [0.05, 0.1) is 5.76 Å². The number of hydrogen-bond donors (Lipinski definition) is 0. The number of carbonyl (C=O) groups is 1. The molecule has 1 heterocycles. The second kappa shape index (κ2) is 4.36. The molecular weight excluding hydrogens is 212 g/mol. The first-order chi connectivity index (χ1) is 8.13. The number of rotatable bonds is 2. The predicted molar refractivity (Wildman–Crippen MR) is 67.9 cm³/mol. The first-order valence-electron chi connectivity index (χ1n) is 6.14. The van der Waals surface area contributed by atoms with E-state index in [2.05, 4.69) is 13.8 Å². The van der Waals surface area contributed by atoms with Gasteiger partial charge in [-0.3, -0.25) is 4.79 Å². The molecule has 90 valence electrons. The van der Waals surface area contributed by atoms with Crippen LogP contribution in [0.3, 0.4) is 0 Å². The minimum atomic E-state index is -0.358. The minimum absolute atomic E-state index is 0.0434. The normalized spacial score (nSPS) is 17.8. The van der Waals surface area contributed by atoms with Crippen molar-refractivity contribution in [1.82, 2.24) is 0 Å². The molecule has 1 aromatic carbocycles. The van der Waals surface area contributed by atoms with Crippen LogP contribution in [0.15, 0.2) is 36.1 Å². The molecule has 0 N–H and O–H groups in total. The second-order valence-corrected chi connectivity index (χ2v) is 4.47. The Morgan fingerprint density at radius 3 is 2.47 bits per heavy atom. The summed E-state index contributed by atoms with van der Waals surface area (Å²) >= 11 is 0. The lowest BCUT2D eigenvalue weighted by Crippen LogP contribution is -2.28. The third-order valence-corrected chi connectivity index (χ3v) is 3.52. The highest BCUT2D eigenvalue weighted by Crippen LogP contribution is 2.39. The molecule has 0 spiro atoms. The zero-order chi connectivity index (χ0) is 12.5. The van der Waals surface area contributed by atoms with Gasteiger partial charge >= 0.3 is 0 Å². The summed E-state index contributed by atoms with van der Waals surface area (Å²) in [4.78, 5) is 12.1. The van der Waals surface area contributed by atoms with E-state index in [0.29, 0.717) is 5.76 Å². The van der Waals surface area contributed by atoms with Gasteiger partial charge in [-0.05, 0) is 19.8 Å². The maximum absolute atomic E-state index is 12.1. The number of ether oxygens (including phenoxy) is 1. The Morgan fingerprint density at radius 1 is 1.18 bits per heavy atom. The van der Waals surface area contributed by atoms with Gasteiger partial charge in [-0.15, -0.1) is 0 Å². The van der Waals surface area contributed by atoms with E-state index >= 15 is 0 Å². The van der Waals surface area contributed by atoms with Gasteiger partial charge in [0.2, 0.25) is 0 Å². The largest absolute Gasteiger partial charge is 0.487 e. The highest BCUT2D eigenvalue weighted by atomic mass is 16.5. The van der Waals surface area contributed by atoms with Crippen molar-refractivity contribution in [1.29, 1.82) is 0 Å². The Kier molecular flexibility index (Phi) is 3.05. The van der Waals surface area contributed by atoms with E-state index in [9.17, 15) is 4.79 Å². The summed E-state index contributed by atoms with van der Waals surface area (Å²) in [7, 11) is 0. The number of allylic oxidation sites excluding steroid dienone is 2. The van der Waals surface area contributed by atoms with Crippen LogP contribution >= 0.6 is 0 Å². The highest BCUT2D eigenvalue weighted by molar-refractivity contribution is 6.06. The molecule has 17 heavy (non-hydrogen) atoms. The molecule has 0 amide bonds. The molecule has 0 aliphatic carbocycles. The van der Waals surface area contributed by atoms with Gasteiger partial charge in [0.15, 0.2) is 5.78 Å². The Balaban J connectivity index is 2.67. The van der Waals surface area contributed by atoms with Crippen molar-refractivity contribution >= 4 is 5.78 Å². The summed E-state index contributed by atoms with van der Waals surface area (Å²) in [5.74, 6) is 0.747. The van der Waals surface area contributed by atoms with E-state index < -0.39 is 0 Å². The van der Waals surface area contributed by atoms with Crippen LogP contribution in [0, 0.1) is 0 Å². The van der Waals surface area contributed by atoms with Gasteiger partial charge in [-0.1, -0.05) is 38.1 Å². The minimum Gasteiger partial charge on any atom is -0.487 e. The fraction of sp³-hybridized carbons (Fsp3) is 0.400. The van der Waals surface area contributed by atoms with Crippen molar-refractivity contribution < 1.29 is 9.53 Å². The fourth-order valence-corrected chi connectivity index (χ4v) is 2.53. The van der Waals surface area contributed by atoms with Gasteiger partial charge < -0.3 is 4.74 Å². The maximum Gasteiger partial charge on any atom is 0.189 e. The lowest BCUT2D eigenvalue weighted by molar-refractivity contribution is -0.00825. The van der Waals surface area contributed by atoms with Crippen LogP contribution in [0.5, 0.6) is 0 Å². The Morgan fingerprint density at radius 2 is 1.82 bits per heavy atom. The molecule has 0 fully saturated rings. The van der Waals surface area contributed by atoms with Gasteiger partial charge in [0.1, 0.15) is 5.60 Å². The number of carbonyl (C=O) groups excluding carboxylic acids is 1. The summed E-state index contributed by atoms with van der Waals surface area (Å²) in [5, 5.41) is 0. The molecule has 0 unspecified atom stereocenters. The summed E-state index contributed by atoms with van der Waals surface area (Å²) in [6.45, 7) is 6.05. The van der Waals surface area contributed by atoms with E-state index in [1.165, 1.54) is 0 Å². The van der Waals surface area contributed by atoms with Gasteiger partial charge in [0.25, 0.3) is 0 Å². The van der Waals surface area contributed by atoms with Crippen molar-refractivity contribution in [2.75, 3.05) is 0 Å². The topological polar surface area (TPSA) is 26.3 Å². The third-order valence-electron chi connectivity index (χ3n) is 3.52. The maximum atomic E-state index is 12.1. The zero-order valence-corrected chi connectivity index (χ0v) is 10.6. The molecule has 0 aromatic heterocycles. The van der Waals surface area contributed by atoms with Crippen LogP contribution < -0.4 is 0 Å². The molecule has 1 aromatic rings. The molecule has 1 aliphatic heterocycles. The van der Waals surface area contributed by atoms with Crippen LogP contribution in [0.4, 0.5) is 0 Å². The molecule has 0 saturated carbocycles. The monoisotopic (exact) mass is 230 g/mol.